The SMILES string of the molecule is Cc1ccccc1C(C(=O)NC1CCCCC1)N(C(=O)C(NC(=O)OC(C)(C)C)C(C)C)C(C)C. The summed E-state index contributed by atoms with van der Waals surface area (Å²) in [5.41, 5.74) is 1.05. The van der Waals surface area contributed by atoms with Crippen LogP contribution in [0.25, 0.3) is 0 Å². The van der Waals surface area contributed by atoms with Gasteiger partial charge in [-0.3, -0.25) is 9.59 Å². The molecule has 3 amide bonds. The molecule has 0 radical (unpaired) electrons. The summed E-state index contributed by atoms with van der Waals surface area (Å²) in [6.45, 7) is 14.9. The molecule has 0 aromatic heterocycles. The number of hydrogen-bond acceptors (Lipinski definition) is 4. The molecule has 2 unspecified atom stereocenters. The minimum atomic E-state index is -0.832. The summed E-state index contributed by atoms with van der Waals surface area (Å²) in [6.07, 6.45) is 4.65. The molecule has 0 aliphatic heterocycles. The third-order valence-electron chi connectivity index (χ3n) is 6.38. The van der Waals surface area contributed by atoms with Gasteiger partial charge in [0.25, 0.3) is 0 Å². The van der Waals surface area contributed by atoms with E-state index in [1.54, 1.807) is 25.7 Å². The quantitative estimate of drug-likeness (QED) is 0.523. The third-order valence-corrected chi connectivity index (χ3v) is 6.38. The summed E-state index contributed by atoms with van der Waals surface area (Å²) in [5, 5.41) is 6.00. The van der Waals surface area contributed by atoms with Crippen LogP contribution >= 0.6 is 0 Å². The summed E-state index contributed by atoms with van der Waals surface area (Å²) in [6, 6.07) is 5.90. The Kier molecular flexibility index (Phi) is 10.2. The molecule has 2 rings (SSSR count). The number of hydrogen-bond donors (Lipinski definition) is 2. The van der Waals surface area contributed by atoms with Crippen molar-refractivity contribution in [3.05, 3.63) is 35.4 Å². The molecule has 1 aliphatic rings. The van der Waals surface area contributed by atoms with Gasteiger partial charge in [0.2, 0.25) is 11.8 Å². The Bertz CT molecular complexity index is 869. The highest BCUT2D eigenvalue weighted by Crippen LogP contribution is 2.29. The van der Waals surface area contributed by atoms with E-state index in [4.69, 9.17) is 4.74 Å². The highest BCUT2D eigenvalue weighted by Gasteiger charge is 2.39. The van der Waals surface area contributed by atoms with Gasteiger partial charge in [0.1, 0.15) is 17.7 Å². The number of benzene rings is 1. The first kappa shape index (κ1) is 28.7. The lowest BCUT2D eigenvalue weighted by Crippen LogP contribution is -2.57. The topological polar surface area (TPSA) is 87.7 Å². The Morgan fingerprint density at radius 3 is 2.11 bits per heavy atom. The summed E-state index contributed by atoms with van der Waals surface area (Å²) in [5.74, 6) is -0.670. The van der Waals surface area contributed by atoms with E-state index in [1.807, 2.05) is 58.9 Å². The molecule has 0 heterocycles. The number of nitrogens with one attached hydrogen (secondary N) is 2. The van der Waals surface area contributed by atoms with E-state index in [9.17, 15) is 14.4 Å². The number of aryl methyl sites for hydroxylation is 1. The van der Waals surface area contributed by atoms with Gasteiger partial charge >= 0.3 is 6.09 Å². The number of nitrogens with zero attached hydrogens (tertiary/aromatic N) is 1. The number of ether oxygens (including phenoxy) is 1. The van der Waals surface area contributed by atoms with Crippen molar-refractivity contribution in [2.24, 2.45) is 5.92 Å². The molecule has 0 bridgehead atoms. The molecule has 2 N–H and O–H groups in total. The lowest BCUT2D eigenvalue weighted by Gasteiger charge is -2.39. The van der Waals surface area contributed by atoms with Gasteiger partial charge in [0.15, 0.2) is 0 Å². The first-order valence-corrected chi connectivity index (χ1v) is 13.0. The van der Waals surface area contributed by atoms with E-state index in [1.165, 1.54) is 6.42 Å². The van der Waals surface area contributed by atoms with Crippen molar-refractivity contribution in [1.29, 1.82) is 0 Å². The van der Waals surface area contributed by atoms with Crippen LogP contribution in [0.5, 0.6) is 0 Å². The molecule has 35 heavy (non-hydrogen) atoms. The standard InChI is InChI=1S/C28H45N3O4/c1-18(2)23(30-27(34)35-28(6,7)8)26(33)31(19(3)4)24(22-17-13-12-14-20(22)5)25(32)29-21-15-10-9-11-16-21/h12-14,17-19,21,23-24H,9-11,15-16H2,1-8H3,(H,29,32)(H,30,34). The molecule has 0 saturated heterocycles. The van der Waals surface area contributed by atoms with Crippen molar-refractivity contribution >= 4 is 17.9 Å². The Morgan fingerprint density at radius 2 is 1.60 bits per heavy atom. The van der Waals surface area contributed by atoms with E-state index in [0.717, 1.165) is 36.8 Å². The van der Waals surface area contributed by atoms with Crippen LogP contribution in [0.1, 0.15) is 97.7 Å². The van der Waals surface area contributed by atoms with Gasteiger partial charge in [-0.15, -0.1) is 0 Å². The Morgan fingerprint density at radius 1 is 1.00 bits per heavy atom. The van der Waals surface area contributed by atoms with E-state index in [2.05, 4.69) is 10.6 Å². The maximum Gasteiger partial charge on any atom is 0.408 e. The summed E-state index contributed by atoms with van der Waals surface area (Å²) >= 11 is 0. The predicted molar refractivity (Wildman–Crippen MR) is 139 cm³/mol. The normalized spacial score (nSPS) is 16.5. The molecule has 1 aromatic rings. The lowest BCUT2D eigenvalue weighted by molar-refractivity contribution is -0.145. The molecule has 196 valence electrons. The average molecular weight is 488 g/mol. The fraction of sp³-hybridized carbons (Fsp3) is 0.679. The first-order valence-electron chi connectivity index (χ1n) is 13.0. The van der Waals surface area contributed by atoms with Gasteiger partial charge in [-0.25, -0.2) is 4.79 Å². The predicted octanol–water partition coefficient (Wildman–Crippen LogP) is 5.27. The van der Waals surface area contributed by atoms with Crippen molar-refractivity contribution in [2.75, 3.05) is 0 Å². The van der Waals surface area contributed by atoms with Crippen molar-refractivity contribution < 1.29 is 19.1 Å². The third kappa shape index (κ3) is 8.25. The maximum absolute atomic E-state index is 14.0. The fourth-order valence-electron chi connectivity index (χ4n) is 4.63. The van der Waals surface area contributed by atoms with Crippen molar-refractivity contribution in [1.82, 2.24) is 15.5 Å². The summed E-state index contributed by atoms with van der Waals surface area (Å²) in [7, 11) is 0. The first-order chi connectivity index (χ1) is 16.3. The molecular formula is C28H45N3O4. The fourth-order valence-corrected chi connectivity index (χ4v) is 4.63. The van der Waals surface area contributed by atoms with Crippen LogP contribution in [0.2, 0.25) is 0 Å². The van der Waals surface area contributed by atoms with Crippen molar-refractivity contribution in [3.8, 4) is 0 Å². The average Bonchev–Trinajstić information content (AvgIpc) is 2.75. The molecule has 1 aromatic carbocycles. The summed E-state index contributed by atoms with van der Waals surface area (Å²) < 4.78 is 5.42. The van der Waals surface area contributed by atoms with Crippen LogP contribution in [0.4, 0.5) is 4.79 Å². The maximum atomic E-state index is 14.0. The molecule has 1 fully saturated rings. The number of amides is 3. The molecule has 1 saturated carbocycles. The zero-order chi connectivity index (χ0) is 26.3. The second-order valence-corrected chi connectivity index (χ2v) is 11.3. The number of carbonyl (C=O) groups excluding carboxylic acids is 3. The molecule has 0 spiro atoms. The van der Waals surface area contributed by atoms with Crippen LogP contribution in [0.3, 0.4) is 0 Å². The number of rotatable bonds is 8. The number of carbonyl (C=O) groups is 3. The van der Waals surface area contributed by atoms with Crippen LogP contribution < -0.4 is 10.6 Å². The second kappa shape index (κ2) is 12.4. The van der Waals surface area contributed by atoms with Gasteiger partial charge in [-0.05, 0) is 71.4 Å². The zero-order valence-electron chi connectivity index (χ0n) is 22.8. The minimum Gasteiger partial charge on any atom is -0.444 e. The van der Waals surface area contributed by atoms with Crippen LogP contribution in [-0.2, 0) is 14.3 Å². The van der Waals surface area contributed by atoms with Crippen LogP contribution in [0.15, 0.2) is 24.3 Å². The smallest absolute Gasteiger partial charge is 0.408 e. The molecule has 1 aliphatic carbocycles. The molecular weight excluding hydrogens is 442 g/mol. The molecule has 7 heteroatoms. The largest absolute Gasteiger partial charge is 0.444 e. The van der Waals surface area contributed by atoms with E-state index < -0.39 is 23.8 Å². The Hall–Kier alpha value is -2.57. The van der Waals surface area contributed by atoms with Crippen molar-refractivity contribution in [2.45, 2.75) is 117 Å². The van der Waals surface area contributed by atoms with Crippen LogP contribution in [-0.4, -0.2) is 46.5 Å². The highest BCUT2D eigenvalue weighted by atomic mass is 16.6. The van der Waals surface area contributed by atoms with Crippen LogP contribution in [0, 0.1) is 12.8 Å². The monoisotopic (exact) mass is 487 g/mol. The molecule has 2 atom stereocenters. The highest BCUT2D eigenvalue weighted by molar-refractivity contribution is 5.92. The van der Waals surface area contributed by atoms with Gasteiger partial charge < -0.3 is 20.3 Å². The zero-order valence-corrected chi connectivity index (χ0v) is 22.8. The van der Waals surface area contributed by atoms with E-state index >= 15 is 0 Å². The Labute approximate surface area is 211 Å². The van der Waals surface area contributed by atoms with E-state index in [0.29, 0.717) is 0 Å². The minimum absolute atomic E-state index is 0.118. The van der Waals surface area contributed by atoms with Gasteiger partial charge in [-0.2, -0.15) is 0 Å². The van der Waals surface area contributed by atoms with Gasteiger partial charge in [-0.1, -0.05) is 57.4 Å². The van der Waals surface area contributed by atoms with Gasteiger partial charge in [0.05, 0.1) is 0 Å². The molecule has 7 nitrogen and oxygen atoms in total. The second-order valence-electron chi connectivity index (χ2n) is 11.3. The Balaban J connectivity index is 2.43. The van der Waals surface area contributed by atoms with E-state index in [-0.39, 0.29) is 29.8 Å². The van der Waals surface area contributed by atoms with Crippen molar-refractivity contribution in [3.63, 3.8) is 0 Å². The number of alkyl carbamates (subject to hydrolysis) is 1. The summed E-state index contributed by atoms with van der Waals surface area (Å²) in [4.78, 5) is 42.0. The lowest BCUT2D eigenvalue weighted by atomic mass is 9.92. The van der Waals surface area contributed by atoms with Gasteiger partial charge in [0, 0.05) is 12.1 Å².